The van der Waals surface area contributed by atoms with Crippen LogP contribution in [-0.2, 0) is 14.3 Å². The maximum atomic E-state index is 12.0. The fourth-order valence-corrected chi connectivity index (χ4v) is 7.14. The Morgan fingerprint density at radius 3 is 1.29 bits per heavy atom. The van der Waals surface area contributed by atoms with Gasteiger partial charge in [-0.15, -0.1) is 0 Å². The van der Waals surface area contributed by atoms with Gasteiger partial charge in [-0.05, 0) is 72.1 Å². The van der Waals surface area contributed by atoms with Crippen LogP contribution < -0.4 is 0 Å². The first-order valence-electron chi connectivity index (χ1n) is 23.2. The van der Waals surface area contributed by atoms with Crippen molar-refractivity contribution in [3.8, 4) is 0 Å². The van der Waals surface area contributed by atoms with Crippen LogP contribution in [0.3, 0.4) is 0 Å². The summed E-state index contributed by atoms with van der Waals surface area (Å²) >= 11 is 0. The van der Waals surface area contributed by atoms with Crippen LogP contribution in [0.4, 0.5) is 0 Å². The lowest BCUT2D eigenvalue weighted by Gasteiger charge is -2.24. The number of ether oxygens (including phenoxy) is 2. The highest BCUT2D eigenvalue weighted by atomic mass is 16.5. The number of esters is 1. The number of likely N-dealkylation sites (N-methyl/N-ethyl adjacent to an activating group) is 1. The first kappa shape index (κ1) is 50.4. The van der Waals surface area contributed by atoms with Crippen molar-refractivity contribution < 1.29 is 14.3 Å². The summed E-state index contributed by atoms with van der Waals surface area (Å²) in [6, 6.07) is 0. The summed E-state index contributed by atoms with van der Waals surface area (Å²) < 4.78 is 11.9. The van der Waals surface area contributed by atoms with Gasteiger partial charge in [0.25, 0.3) is 0 Å². The molecule has 0 aromatic heterocycles. The first-order valence-corrected chi connectivity index (χ1v) is 23.2. The number of carbonyl (C=O) groups is 1. The monoisotopic (exact) mass is 723 g/mol. The smallest absolute Gasteiger partial charge is 0.305 e. The summed E-state index contributed by atoms with van der Waals surface area (Å²) in [5, 5.41) is 0. The topological polar surface area (TPSA) is 42.0 Å². The van der Waals surface area contributed by atoms with Gasteiger partial charge in [0, 0.05) is 26.1 Å². The van der Waals surface area contributed by atoms with E-state index in [-0.39, 0.29) is 5.97 Å². The molecule has 0 fully saturated rings. The van der Waals surface area contributed by atoms with Crippen molar-refractivity contribution in [2.75, 3.05) is 53.5 Å². The summed E-state index contributed by atoms with van der Waals surface area (Å²) in [7, 11) is 4.38. The van der Waals surface area contributed by atoms with E-state index in [1.54, 1.807) is 0 Å². The van der Waals surface area contributed by atoms with E-state index in [2.05, 4.69) is 44.7 Å². The van der Waals surface area contributed by atoms with Crippen molar-refractivity contribution in [2.24, 2.45) is 0 Å². The van der Waals surface area contributed by atoms with Gasteiger partial charge in [0.05, 0.1) is 12.7 Å². The highest BCUT2D eigenvalue weighted by Crippen LogP contribution is 2.18. The molecule has 5 nitrogen and oxygen atoms in total. The number of carbonyl (C=O) groups excluding carboxylic acids is 1. The molecule has 0 saturated heterocycles. The average molecular weight is 723 g/mol. The van der Waals surface area contributed by atoms with Gasteiger partial charge in [-0.3, -0.25) is 4.79 Å². The first-order chi connectivity index (χ1) is 25.0. The number of hydrogen-bond donors (Lipinski definition) is 0. The largest absolute Gasteiger partial charge is 0.466 e. The average Bonchev–Trinajstić information content (AvgIpc) is 3.12. The molecule has 5 heteroatoms. The summed E-state index contributed by atoms with van der Waals surface area (Å²) in [5.41, 5.74) is 0. The molecule has 0 atom stereocenters. The Morgan fingerprint density at radius 1 is 0.431 bits per heavy atom. The van der Waals surface area contributed by atoms with Crippen LogP contribution in [-0.4, -0.2) is 75.4 Å². The third-order valence-corrected chi connectivity index (χ3v) is 10.7. The molecule has 0 heterocycles. The van der Waals surface area contributed by atoms with E-state index in [1.807, 2.05) is 0 Å². The molecule has 0 N–H and O–H groups in total. The van der Waals surface area contributed by atoms with Crippen LogP contribution >= 0.6 is 0 Å². The predicted molar refractivity (Wildman–Crippen MR) is 225 cm³/mol. The van der Waals surface area contributed by atoms with E-state index >= 15 is 0 Å². The standard InChI is InChI=1S/C46H94N2O3/c1-6-9-12-15-19-28-35-44-51-46(49)38-31-24-21-26-33-40-48(42-41-47(4)5)39-32-25-18-20-27-34-43-50-45(36-29-22-16-13-10-7-2)37-30-23-17-14-11-8-3/h45H,6-44H2,1-5H3. The van der Waals surface area contributed by atoms with Gasteiger partial charge in [-0.25, -0.2) is 0 Å². The second-order valence-corrected chi connectivity index (χ2v) is 16.2. The molecule has 0 rings (SSSR count). The van der Waals surface area contributed by atoms with Gasteiger partial charge in [0.1, 0.15) is 0 Å². The lowest BCUT2D eigenvalue weighted by molar-refractivity contribution is -0.143. The van der Waals surface area contributed by atoms with Crippen LogP contribution in [0.2, 0.25) is 0 Å². The molecule has 0 radical (unpaired) electrons. The molecule has 0 spiro atoms. The van der Waals surface area contributed by atoms with E-state index < -0.39 is 0 Å². The van der Waals surface area contributed by atoms with E-state index in [1.165, 1.54) is 206 Å². The third kappa shape index (κ3) is 40.4. The Hall–Kier alpha value is -0.650. The fourth-order valence-electron chi connectivity index (χ4n) is 7.14. The van der Waals surface area contributed by atoms with Crippen LogP contribution in [0.5, 0.6) is 0 Å². The predicted octanol–water partition coefficient (Wildman–Crippen LogP) is 13.7. The summed E-state index contributed by atoms with van der Waals surface area (Å²) in [4.78, 5) is 17.1. The highest BCUT2D eigenvalue weighted by Gasteiger charge is 2.10. The van der Waals surface area contributed by atoms with Crippen LogP contribution in [0.15, 0.2) is 0 Å². The Morgan fingerprint density at radius 2 is 0.824 bits per heavy atom. The molecule has 306 valence electrons. The van der Waals surface area contributed by atoms with Crippen molar-refractivity contribution in [1.82, 2.24) is 9.80 Å². The Balaban J connectivity index is 3.99. The molecular weight excluding hydrogens is 629 g/mol. The highest BCUT2D eigenvalue weighted by molar-refractivity contribution is 5.69. The number of unbranched alkanes of at least 4 members (excludes halogenated alkanes) is 25. The SMILES string of the molecule is CCCCCCCCCOC(=O)CCCCCCCN(CCCCCCCCOC(CCCCCCCC)CCCCCCCC)CCN(C)C. The summed E-state index contributed by atoms with van der Waals surface area (Å²) in [6.45, 7) is 13.2. The molecule has 51 heavy (non-hydrogen) atoms. The molecule has 0 unspecified atom stereocenters. The second-order valence-electron chi connectivity index (χ2n) is 16.2. The molecule has 0 aliphatic rings. The molecule has 0 aromatic carbocycles. The van der Waals surface area contributed by atoms with Crippen molar-refractivity contribution in [3.05, 3.63) is 0 Å². The van der Waals surface area contributed by atoms with E-state index in [0.29, 0.717) is 19.1 Å². The molecule has 0 aliphatic heterocycles. The molecule has 0 aliphatic carbocycles. The zero-order valence-corrected chi connectivity index (χ0v) is 35.8. The van der Waals surface area contributed by atoms with Gasteiger partial charge in [-0.1, -0.05) is 181 Å². The number of hydrogen-bond acceptors (Lipinski definition) is 5. The van der Waals surface area contributed by atoms with Crippen LogP contribution in [0, 0.1) is 0 Å². The fraction of sp³-hybridized carbons (Fsp3) is 0.978. The van der Waals surface area contributed by atoms with Crippen molar-refractivity contribution in [1.29, 1.82) is 0 Å². The molecule has 0 aromatic rings. The van der Waals surface area contributed by atoms with Gasteiger partial charge in [-0.2, -0.15) is 0 Å². The zero-order chi connectivity index (χ0) is 37.3. The van der Waals surface area contributed by atoms with E-state index in [4.69, 9.17) is 9.47 Å². The van der Waals surface area contributed by atoms with Gasteiger partial charge in [0.15, 0.2) is 0 Å². The van der Waals surface area contributed by atoms with Crippen molar-refractivity contribution in [2.45, 2.75) is 239 Å². The lowest BCUT2D eigenvalue weighted by Crippen LogP contribution is -2.33. The molecular formula is C46H94N2O3. The normalized spacial score (nSPS) is 11.8. The zero-order valence-electron chi connectivity index (χ0n) is 35.8. The van der Waals surface area contributed by atoms with Gasteiger partial charge < -0.3 is 19.3 Å². The molecule has 0 saturated carbocycles. The van der Waals surface area contributed by atoms with Gasteiger partial charge in [0.2, 0.25) is 0 Å². The minimum Gasteiger partial charge on any atom is -0.466 e. The maximum Gasteiger partial charge on any atom is 0.305 e. The number of nitrogens with zero attached hydrogens (tertiary/aromatic N) is 2. The number of rotatable bonds is 43. The van der Waals surface area contributed by atoms with Crippen LogP contribution in [0.25, 0.3) is 0 Å². The minimum absolute atomic E-state index is 0.00965. The van der Waals surface area contributed by atoms with Crippen LogP contribution in [0.1, 0.15) is 233 Å². The van der Waals surface area contributed by atoms with E-state index in [0.717, 1.165) is 32.4 Å². The summed E-state index contributed by atoms with van der Waals surface area (Å²) in [6.07, 6.45) is 42.9. The van der Waals surface area contributed by atoms with Crippen molar-refractivity contribution >= 4 is 5.97 Å². The Bertz CT molecular complexity index is 657. The van der Waals surface area contributed by atoms with Gasteiger partial charge >= 0.3 is 5.97 Å². The summed E-state index contributed by atoms with van der Waals surface area (Å²) in [5.74, 6) is 0.00965. The lowest BCUT2D eigenvalue weighted by atomic mass is 10.0. The molecule has 0 bridgehead atoms. The van der Waals surface area contributed by atoms with Crippen molar-refractivity contribution in [3.63, 3.8) is 0 Å². The minimum atomic E-state index is 0.00965. The Labute approximate surface area is 321 Å². The molecule has 0 amide bonds. The Kier molecular flexibility index (Phi) is 41.6. The third-order valence-electron chi connectivity index (χ3n) is 10.7. The quantitative estimate of drug-likeness (QED) is 0.0463. The second kappa shape index (κ2) is 42.1. The maximum absolute atomic E-state index is 12.0. The van der Waals surface area contributed by atoms with E-state index in [9.17, 15) is 4.79 Å².